The van der Waals surface area contributed by atoms with Crippen LogP contribution in [0.1, 0.15) is 132 Å². The maximum absolute atomic E-state index is 11.4. The van der Waals surface area contributed by atoms with E-state index in [2.05, 4.69) is 55.4 Å². The first kappa shape index (κ1) is 34.6. The van der Waals surface area contributed by atoms with Crippen molar-refractivity contribution in [3.05, 3.63) is 12.2 Å². The molecule has 0 aromatic carbocycles. The van der Waals surface area contributed by atoms with Crippen molar-refractivity contribution in [1.82, 2.24) is 0 Å². The Hall–Kier alpha value is -0.521. The average molecular weight is 573 g/mol. The summed E-state index contributed by atoms with van der Waals surface area (Å²) < 4.78 is 11.4. The standard InChI is InChI=1S/C20H36O4.2C4H9.Sn/c1-3-5-7-9-11-13-17-23-19(21)15-16-20(22)24-18-14-12-10-8-6-4-2;2*1-4(2)3;/h15-16H,3-14,17-18H2,1-2H3;2*1-3H3;/b16-15-;;;. The van der Waals surface area contributed by atoms with E-state index in [1.807, 2.05) is 0 Å². The molecule has 0 spiro atoms. The van der Waals surface area contributed by atoms with E-state index in [9.17, 15) is 9.59 Å². The van der Waals surface area contributed by atoms with Crippen LogP contribution in [0.5, 0.6) is 0 Å². The summed E-state index contributed by atoms with van der Waals surface area (Å²) in [4.78, 5) is 22.9. The van der Waals surface area contributed by atoms with Gasteiger partial charge < -0.3 is 9.47 Å². The Morgan fingerprint density at radius 3 is 1.15 bits per heavy atom. The number of carbonyl (C=O) groups is 2. The van der Waals surface area contributed by atoms with Crippen molar-refractivity contribution in [3.63, 3.8) is 0 Å². The quantitative estimate of drug-likeness (QED) is 0.0805. The summed E-state index contributed by atoms with van der Waals surface area (Å²) in [5, 5.41) is 0. The van der Waals surface area contributed by atoms with E-state index in [0.717, 1.165) is 37.8 Å². The molecule has 5 heteroatoms. The molecule has 0 fully saturated rings. The van der Waals surface area contributed by atoms with E-state index in [4.69, 9.17) is 9.47 Å². The summed E-state index contributed by atoms with van der Waals surface area (Å²) >= 11 is -0.182. The van der Waals surface area contributed by atoms with Crippen molar-refractivity contribution in [3.8, 4) is 0 Å². The number of unbranched alkanes of at least 4 members (excludes halogenated alkanes) is 10. The van der Waals surface area contributed by atoms with Gasteiger partial charge in [-0.05, 0) is 12.8 Å². The van der Waals surface area contributed by atoms with E-state index in [-0.39, 0.29) is 21.1 Å². The van der Waals surface area contributed by atoms with Crippen molar-refractivity contribution in [1.29, 1.82) is 0 Å². The third-order valence-electron chi connectivity index (χ3n) is 4.59. The van der Waals surface area contributed by atoms with Crippen LogP contribution < -0.4 is 0 Å². The zero-order valence-electron chi connectivity index (χ0n) is 23.2. The first-order valence-corrected chi connectivity index (χ1v) is 16.1. The predicted octanol–water partition coefficient (Wildman–Crippen LogP) is 8.48. The molecule has 4 nitrogen and oxygen atoms in total. The summed E-state index contributed by atoms with van der Waals surface area (Å²) in [6.45, 7) is 19.4. The van der Waals surface area contributed by atoms with Crippen molar-refractivity contribution >= 4 is 33.1 Å². The fourth-order valence-corrected chi connectivity index (χ4v) is 9.89. The van der Waals surface area contributed by atoms with Gasteiger partial charge in [0.15, 0.2) is 0 Å². The molecule has 0 aromatic rings. The van der Waals surface area contributed by atoms with Gasteiger partial charge in [0.25, 0.3) is 0 Å². The van der Waals surface area contributed by atoms with Gasteiger partial charge in [-0.1, -0.05) is 78.1 Å². The zero-order valence-corrected chi connectivity index (χ0v) is 26.0. The summed E-state index contributed by atoms with van der Waals surface area (Å²) in [6, 6.07) is 0. The van der Waals surface area contributed by atoms with Gasteiger partial charge in [-0.25, -0.2) is 9.59 Å². The fourth-order valence-electron chi connectivity index (χ4n) is 3.47. The van der Waals surface area contributed by atoms with Crippen LogP contribution in [-0.2, 0) is 19.1 Å². The van der Waals surface area contributed by atoms with Crippen molar-refractivity contribution in [2.24, 2.45) is 0 Å². The van der Waals surface area contributed by atoms with E-state index >= 15 is 0 Å². The number of ether oxygens (including phenoxy) is 2. The van der Waals surface area contributed by atoms with Crippen LogP contribution in [0.3, 0.4) is 0 Å². The minimum atomic E-state index is -0.472. The van der Waals surface area contributed by atoms with E-state index in [1.165, 1.54) is 51.4 Å². The summed E-state index contributed by atoms with van der Waals surface area (Å²) in [5.74, 6) is -0.944. The average Bonchev–Trinajstić information content (AvgIpc) is 2.68. The molecule has 0 atom stereocenters. The van der Waals surface area contributed by atoms with Crippen LogP contribution >= 0.6 is 0 Å². The van der Waals surface area contributed by atoms with Gasteiger partial charge >= 0.3 is 81.5 Å². The third-order valence-corrected chi connectivity index (χ3v) is 8.87. The SMILES string of the molecule is CCCCCCCCOC(=O)/C=C\C(=O)OCCCCCCCC.C[C](C)(C)[Sn][C](C)(C)C. The van der Waals surface area contributed by atoms with Gasteiger partial charge in [-0.15, -0.1) is 0 Å². The van der Waals surface area contributed by atoms with Crippen LogP contribution in [-0.4, -0.2) is 46.3 Å². The molecular formula is C28H54O4Sn. The number of hydrogen-bond acceptors (Lipinski definition) is 4. The Labute approximate surface area is 216 Å². The zero-order chi connectivity index (χ0) is 25.6. The normalized spacial score (nSPS) is 11.8. The van der Waals surface area contributed by atoms with E-state index < -0.39 is 11.9 Å². The molecule has 0 rings (SSSR count). The molecule has 0 saturated carbocycles. The van der Waals surface area contributed by atoms with Crippen molar-refractivity contribution in [2.75, 3.05) is 13.2 Å². The summed E-state index contributed by atoms with van der Waals surface area (Å²) in [7, 11) is 0. The second kappa shape index (κ2) is 22.0. The topological polar surface area (TPSA) is 52.6 Å². The van der Waals surface area contributed by atoms with Crippen molar-refractivity contribution < 1.29 is 19.1 Å². The molecule has 0 amide bonds. The van der Waals surface area contributed by atoms with Crippen molar-refractivity contribution in [2.45, 2.75) is 139 Å². The Kier molecular flexibility index (Phi) is 23.1. The molecule has 33 heavy (non-hydrogen) atoms. The van der Waals surface area contributed by atoms with Gasteiger partial charge in [0, 0.05) is 12.2 Å². The summed E-state index contributed by atoms with van der Waals surface area (Å²) in [6.07, 6.45) is 16.1. The van der Waals surface area contributed by atoms with Gasteiger partial charge in [0.2, 0.25) is 0 Å². The molecule has 0 saturated heterocycles. The Bertz CT molecular complexity index is 457. The molecule has 0 aliphatic rings. The minimum absolute atomic E-state index is 0.182. The Morgan fingerprint density at radius 2 is 0.879 bits per heavy atom. The molecule has 194 valence electrons. The molecule has 0 aromatic heterocycles. The molecule has 0 bridgehead atoms. The van der Waals surface area contributed by atoms with Crippen LogP contribution in [0.15, 0.2) is 12.2 Å². The fraction of sp³-hybridized carbons (Fsp3) is 0.857. The molecule has 0 unspecified atom stereocenters. The van der Waals surface area contributed by atoms with Crippen LogP contribution in [0.25, 0.3) is 0 Å². The molecule has 0 heterocycles. The van der Waals surface area contributed by atoms with Crippen LogP contribution in [0.4, 0.5) is 0 Å². The van der Waals surface area contributed by atoms with Gasteiger partial charge in [-0.2, -0.15) is 0 Å². The monoisotopic (exact) mass is 574 g/mol. The Balaban J connectivity index is 0. The number of carbonyl (C=O) groups excluding carboxylic acids is 2. The molecule has 0 aliphatic carbocycles. The van der Waals surface area contributed by atoms with Crippen LogP contribution in [0, 0.1) is 0 Å². The molecular weight excluding hydrogens is 519 g/mol. The number of hydrogen-bond donors (Lipinski definition) is 0. The first-order valence-electron chi connectivity index (χ1n) is 13.2. The number of esters is 2. The molecule has 0 N–H and O–H groups in total. The molecule has 2 radical (unpaired) electrons. The predicted molar refractivity (Wildman–Crippen MR) is 143 cm³/mol. The molecule has 0 aliphatic heterocycles. The summed E-state index contributed by atoms with van der Waals surface area (Å²) in [5.41, 5.74) is 0. The van der Waals surface area contributed by atoms with Gasteiger partial charge in [0.1, 0.15) is 0 Å². The van der Waals surface area contributed by atoms with E-state index in [1.54, 1.807) is 0 Å². The second-order valence-electron chi connectivity index (χ2n) is 10.8. The Morgan fingerprint density at radius 1 is 0.576 bits per heavy atom. The van der Waals surface area contributed by atoms with Crippen LogP contribution in [0.2, 0.25) is 6.86 Å². The second-order valence-corrected chi connectivity index (χ2v) is 20.1. The van der Waals surface area contributed by atoms with Gasteiger partial charge in [-0.3, -0.25) is 0 Å². The van der Waals surface area contributed by atoms with Gasteiger partial charge in [0.05, 0.1) is 13.2 Å². The number of rotatable bonds is 16. The first-order chi connectivity index (χ1) is 15.4. The maximum atomic E-state index is 11.4. The van der Waals surface area contributed by atoms with E-state index in [0.29, 0.717) is 20.1 Å². The third kappa shape index (κ3) is 33.7.